The number of allylic oxidation sites excluding steroid dienone is 1. The zero-order valence-electron chi connectivity index (χ0n) is 11.7. The normalized spacial score (nSPS) is 11.7. The van der Waals surface area contributed by atoms with Gasteiger partial charge in [0.25, 0.3) is 0 Å². The van der Waals surface area contributed by atoms with E-state index in [9.17, 15) is 13.2 Å². The predicted molar refractivity (Wildman–Crippen MR) is 83.7 cm³/mol. The molecule has 0 aliphatic carbocycles. The van der Waals surface area contributed by atoms with Crippen LogP contribution in [0.25, 0.3) is 6.08 Å². The molecule has 0 heterocycles. The topological polar surface area (TPSA) is 51.2 Å². The summed E-state index contributed by atoms with van der Waals surface area (Å²) in [5.41, 5.74) is 1.84. The average molecular weight is 300 g/mol. The molecule has 0 aliphatic rings. The van der Waals surface area contributed by atoms with E-state index >= 15 is 0 Å². The fraction of sp³-hybridized carbons (Fsp3) is 0.118. The summed E-state index contributed by atoms with van der Waals surface area (Å²) in [7, 11) is -3.58. The highest BCUT2D eigenvalue weighted by molar-refractivity contribution is 7.92. The Kier molecular flexibility index (Phi) is 4.70. The molecule has 2 aromatic carbocycles. The van der Waals surface area contributed by atoms with Gasteiger partial charge in [0.05, 0.1) is 4.90 Å². The SMILES string of the molecule is Cc1ccc(S(=O)(=O)CC(=O)/C=C/c2ccccc2)cc1. The van der Waals surface area contributed by atoms with Crippen molar-refractivity contribution in [1.29, 1.82) is 0 Å². The Morgan fingerprint density at radius 2 is 1.62 bits per heavy atom. The number of aryl methyl sites for hydroxylation is 1. The summed E-state index contributed by atoms with van der Waals surface area (Å²) in [6.45, 7) is 1.88. The van der Waals surface area contributed by atoms with Gasteiger partial charge in [-0.2, -0.15) is 0 Å². The monoisotopic (exact) mass is 300 g/mol. The van der Waals surface area contributed by atoms with Gasteiger partial charge in [-0.1, -0.05) is 54.1 Å². The van der Waals surface area contributed by atoms with Gasteiger partial charge in [-0.15, -0.1) is 0 Å². The average Bonchev–Trinajstić information content (AvgIpc) is 2.46. The Balaban J connectivity index is 2.08. The molecule has 0 radical (unpaired) electrons. The molecular weight excluding hydrogens is 284 g/mol. The van der Waals surface area contributed by atoms with Gasteiger partial charge >= 0.3 is 0 Å². The van der Waals surface area contributed by atoms with Gasteiger partial charge in [-0.25, -0.2) is 8.42 Å². The van der Waals surface area contributed by atoms with E-state index in [0.29, 0.717) is 0 Å². The summed E-state index contributed by atoms with van der Waals surface area (Å²) >= 11 is 0. The van der Waals surface area contributed by atoms with Crippen LogP contribution in [0.3, 0.4) is 0 Å². The van der Waals surface area contributed by atoms with Crippen LogP contribution in [0.5, 0.6) is 0 Å². The van der Waals surface area contributed by atoms with Crippen molar-refractivity contribution in [1.82, 2.24) is 0 Å². The maximum Gasteiger partial charge on any atom is 0.185 e. The van der Waals surface area contributed by atoms with E-state index in [2.05, 4.69) is 0 Å². The van der Waals surface area contributed by atoms with Crippen LogP contribution in [0.2, 0.25) is 0 Å². The van der Waals surface area contributed by atoms with Crippen LogP contribution in [-0.4, -0.2) is 20.0 Å². The first-order valence-electron chi connectivity index (χ1n) is 6.53. The predicted octanol–water partition coefficient (Wildman–Crippen LogP) is 3.05. The maximum atomic E-state index is 12.1. The van der Waals surface area contributed by atoms with Crippen LogP contribution in [0, 0.1) is 6.92 Å². The minimum atomic E-state index is -3.58. The van der Waals surface area contributed by atoms with Gasteiger partial charge in [0.15, 0.2) is 15.6 Å². The first kappa shape index (κ1) is 15.2. The fourth-order valence-corrected chi connectivity index (χ4v) is 3.01. The lowest BCUT2D eigenvalue weighted by Gasteiger charge is -2.02. The van der Waals surface area contributed by atoms with Crippen molar-refractivity contribution in [2.75, 3.05) is 5.75 Å². The van der Waals surface area contributed by atoms with Gasteiger partial charge in [0.2, 0.25) is 0 Å². The number of hydrogen-bond donors (Lipinski definition) is 0. The second kappa shape index (κ2) is 6.50. The minimum absolute atomic E-state index is 0.176. The number of sulfone groups is 1. The molecule has 21 heavy (non-hydrogen) atoms. The van der Waals surface area contributed by atoms with E-state index in [0.717, 1.165) is 11.1 Å². The van der Waals surface area contributed by atoms with Crippen molar-refractivity contribution >= 4 is 21.7 Å². The second-order valence-corrected chi connectivity index (χ2v) is 6.77. The highest BCUT2D eigenvalue weighted by Crippen LogP contribution is 2.12. The van der Waals surface area contributed by atoms with Crippen molar-refractivity contribution in [3.63, 3.8) is 0 Å². The third-order valence-electron chi connectivity index (χ3n) is 2.97. The molecule has 4 heteroatoms. The van der Waals surface area contributed by atoms with Crippen LogP contribution in [0.4, 0.5) is 0 Å². The van der Waals surface area contributed by atoms with Crippen LogP contribution in [-0.2, 0) is 14.6 Å². The first-order chi connectivity index (χ1) is 9.97. The first-order valence-corrected chi connectivity index (χ1v) is 8.18. The molecule has 2 aromatic rings. The standard InChI is InChI=1S/C17H16O3S/c1-14-7-11-17(12-8-14)21(19,20)13-16(18)10-9-15-5-3-2-4-6-15/h2-12H,13H2,1H3/b10-9+. The van der Waals surface area contributed by atoms with Crippen LogP contribution >= 0.6 is 0 Å². The summed E-state index contributed by atoms with van der Waals surface area (Å²) in [5.74, 6) is -0.946. The van der Waals surface area contributed by atoms with Gasteiger partial charge in [0.1, 0.15) is 5.75 Å². The van der Waals surface area contributed by atoms with Gasteiger partial charge in [-0.3, -0.25) is 4.79 Å². The molecule has 0 unspecified atom stereocenters. The van der Waals surface area contributed by atoms with Crippen LogP contribution < -0.4 is 0 Å². The molecular formula is C17H16O3S. The molecule has 0 aliphatic heterocycles. The Hall–Kier alpha value is -2.20. The van der Waals surface area contributed by atoms with Crippen molar-refractivity contribution < 1.29 is 13.2 Å². The zero-order chi connectivity index (χ0) is 15.3. The molecule has 0 atom stereocenters. The lowest BCUT2D eigenvalue weighted by atomic mass is 10.2. The van der Waals surface area contributed by atoms with E-state index in [1.807, 2.05) is 37.3 Å². The van der Waals surface area contributed by atoms with Gasteiger partial charge < -0.3 is 0 Å². The molecule has 3 nitrogen and oxygen atoms in total. The molecule has 0 spiro atoms. The van der Waals surface area contributed by atoms with Crippen molar-refractivity contribution in [3.05, 3.63) is 71.8 Å². The van der Waals surface area contributed by atoms with Gasteiger partial charge in [-0.05, 0) is 30.7 Å². The van der Waals surface area contributed by atoms with E-state index < -0.39 is 21.4 Å². The maximum absolute atomic E-state index is 12.1. The molecule has 0 amide bonds. The smallest absolute Gasteiger partial charge is 0.185 e. The molecule has 2 rings (SSSR count). The number of ketones is 1. The molecule has 0 saturated heterocycles. The molecule has 0 fully saturated rings. The van der Waals surface area contributed by atoms with E-state index in [1.54, 1.807) is 18.2 Å². The van der Waals surface area contributed by atoms with Crippen molar-refractivity contribution in [3.8, 4) is 0 Å². The fourth-order valence-electron chi connectivity index (χ4n) is 1.82. The Morgan fingerprint density at radius 3 is 2.24 bits per heavy atom. The quantitative estimate of drug-likeness (QED) is 0.797. The van der Waals surface area contributed by atoms with Crippen LogP contribution in [0.1, 0.15) is 11.1 Å². The van der Waals surface area contributed by atoms with Crippen molar-refractivity contribution in [2.45, 2.75) is 11.8 Å². The number of hydrogen-bond acceptors (Lipinski definition) is 3. The lowest BCUT2D eigenvalue weighted by Crippen LogP contribution is -2.14. The molecule has 0 saturated carbocycles. The molecule has 108 valence electrons. The van der Waals surface area contributed by atoms with E-state index in [-0.39, 0.29) is 4.90 Å². The number of rotatable bonds is 5. The summed E-state index contributed by atoms with van der Waals surface area (Å²) in [5, 5.41) is 0. The van der Waals surface area contributed by atoms with Crippen LogP contribution in [0.15, 0.2) is 65.6 Å². The molecule has 0 aromatic heterocycles. The third kappa shape index (κ3) is 4.39. The number of carbonyl (C=O) groups is 1. The lowest BCUT2D eigenvalue weighted by molar-refractivity contribution is -0.112. The number of carbonyl (C=O) groups excluding carboxylic acids is 1. The van der Waals surface area contributed by atoms with E-state index in [4.69, 9.17) is 0 Å². The second-order valence-electron chi connectivity index (χ2n) is 4.78. The van der Waals surface area contributed by atoms with E-state index in [1.165, 1.54) is 18.2 Å². The molecule has 0 bridgehead atoms. The summed E-state index contributed by atoms with van der Waals surface area (Å²) in [6.07, 6.45) is 2.92. The third-order valence-corrected chi connectivity index (χ3v) is 4.63. The Morgan fingerprint density at radius 1 is 1.00 bits per heavy atom. The summed E-state index contributed by atoms with van der Waals surface area (Å²) in [6, 6.07) is 15.8. The highest BCUT2D eigenvalue weighted by atomic mass is 32.2. The highest BCUT2D eigenvalue weighted by Gasteiger charge is 2.17. The summed E-state index contributed by atoms with van der Waals surface area (Å²) < 4.78 is 24.2. The largest absolute Gasteiger partial charge is 0.294 e. The molecule has 0 N–H and O–H groups in total. The Labute approximate surface area is 124 Å². The minimum Gasteiger partial charge on any atom is -0.294 e. The number of benzene rings is 2. The Bertz CT molecular complexity index is 742. The van der Waals surface area contributed by atoms with Crippen molar-refractivity contribution in [2.24, 2.45) is 0 Å². The zero-order valence-corrected chi connectivity index (χ0v) is 12.5. The summed E-state index contributed by atoms with van der Waals surface area (Å²) in [4.78, 5) is 12.0. The van der Waals surface area contributed by atoms with Gasteiger partial charge in [0, 0.05) is 0 Å².